The summed E-state index contributed by atoms with van der Waals surface area (Å²) in [6.07, 6.45) is 0.882. The van der Waals surface area contributed by atoms with Crippen molar-refractivity contribution in [1.82, 2.24) is 15.3 Å². The lowest BCUT2D eigenvalue weighted by atomic mass is 10.1. The van der Waals surface area contributed by atoms with Gasteiger partial charge >= 0.3 is 0 Å². The molecule has 1 heterocycles. The monoisotopic (exact) mass is 329 g/mol. The lowest BCUT2D eigenvalue weighted by Gasteiger charge is -2.07. The fourth-order valence-electron chi connectivity index (χ4n) is 2.23. The Morgan fingerprint density at radius 2 is 1.91 bits per heavy atom. The van der Waals surface area contributed by atoms with Crippen LogP contribution in [0.2, 0.25) is 0 Å². The first kappa shape index (κ1) is 17.5. The molecule has 2 rings (SSSR count). The van der Waals surface area contributed by atoms with Gasteiger partial charge in [-0.05, 0) is 37.3 Å². The highest BCUT2D eigenvalue weighted by Crippen LogP contribution is 2.19. The second kappa shape index (κ2) is 8.67. The van der Waals surface area contributed by atoms with Crippen LogP contribution >= 0.6 is 11.8 Å². The zero-order chi connectivity index (χ0) is 16.7. The summed E-state index contributed by atoms with van der Waals surface area (Å²) in [7, 11) is 0. The van der Waals surface area contributed by atoms with Gasteiger partial charge in [0.2, 0.25) is 0 Å². The summed E-state index contributed by atoms with van der Waals surface area (Å²) in [5.74, 6) is 2.76. The molecule has 1 N–H and O–H groups in total. The van der Waals surface area contributed by atoms with E-state index < -0.39 is 0 Å². The molecule has 0 aliphatic heterocycles. The van der Waals surface area contributed by atoms with Gasteiger partial charge in [-0.3, -0.25) is 4.79 Å². The molecule has 4 nitrogen and oxygen atoms in total. The first-order valence-electron chi connectivity index (χ1n) is 7.95. The molecule has 23 heavy (non-hydrogen) atoms. The standard InChI is InChI=1S/C18H23N3OS/c1-4-16-12-17(21-13(3)20-16)14-6-8-15(9-7-14)18(22)19-10-11-23-5-2/h6-9,12H,4-5,10-11H2,1-3H3,(H,19,22). The SMILES string of the molecule is CCSCCNC(=O)c1ccc(-c2cc(CC)nc(C)n2)cc1. The maximum atomic E-state index is 12.1. The molecule has 1 amide bonds. The van der Waals surface area contributed by atoms with E-state index in [1.165, 1.54) is 0 Å². The minimum absolute atomic E-state index is 0.0265. The lowest BCUT2D eigenvalue weighted by Crippen LogP contribution is -2.25. The van der Waals surface area contributed by atoms with E-state index in [9.17, 15) is 4.79 Å². The van der Waals surface area contributed by atoms with Crippen molar-refractivity contribution in [2.75, 3.05) is 18.1 Å². The summed E-state index contributed by atoms with van der Waals surface area (Å²) < 4.78 is 0. The second-order valence-corrected chi connectivity index (χ2v) is 6.57. The van der Waals surface area contributed by atoms with Gasteiger partial charge in [0.25, 0.3) is 5.91 Å². The van der Waals surface area contributed by atoms with E-state index >= 15 is 0 Å². The van der Waals surface area contributed by atoms with Crippen molar-refractivity contribution in [3.63, 3.8) is 0 Å². The van der Waals surface area contributed by atoms with Crippen molar-refractivity contribution in [3.05, 3.63) is 47.4 Å². The van der Waals surface area contributed by atoms with Crippen LogP contribution in [0, 0.1) is 6.92 Å². The average Bonchev–Trinajstić information content (AvgIpc) is 2.58. The summed E-state index contributed by atoms with van der Waals surface area (Å²) >= 11 is 1.82. The molecule has 0 saturated carbocycles. The molecule has 0 aliphatic rings. The third-order valence-electron chi connectivity index (χ3n) is 3.43. The minimum atomic E-state index is -0.0265. The van der Waals surface area contributed by atoms with Gasteiger partial charge in [0.1, 0.15) is 5.82 Å². The first-order valence-corrected chi connectivity index (χ1v) is 9.10. The van der Waals surface area contributed by atoms with Crippen molar-refractivity contribution in [2.45, 2.75) is 27.2 Å². The molecule has 5 heteroatoms. The van der Waals surface area contributed by atoms with Crippen LogP contribution in [0.5, 0.6) is 0 Å². The maximum Gasteiger partial charge on any atom is 0.251 e. The Morgan fingerprint density at radius 1 is 1.17 bits per heavy atom. The van der Waals surface area contributed by atoms with E-state index in [-0.39, 0.29) is 5.91 Å². The number of amides is 1. The Morgan fingerprint density at radius 3 is 2.57 bits per heavy atom. The molecule has 0 radical (unpaired) electrons. The quantitative estimate of drug-likeness (QED) is 0.790. The van der Waals surface area contributed by atoms with Gasteiger partial charge < -0.3 is 5.32 Å². The highest BCUT2D eigenvalue weighted by atomic mass is 32.2. The van der Waals surface area contributed by atoms with E-state index in [2.05, 4.69) is 29.1 Å². The number of carbonyl (C=O) groups excluding carboxylic acids is 1. The zero-order valence-electron chi connectivity index (χ0n) is 13.9. The predicted octanol–water partition coefficient (Wildman–Crippen LogP) is 3.50. The van der Waals surface area contributed by atoms with E-state index in [0.29, 0.717) is 12.1 Å². The summed E-state index contributed by atoms with van der Waals surface area (Å²) in [6.45, 7) is 6.79. The molecule has 0 unspecified atom stereocenters. The number of nitrogens with one attached hydrogen (secondary N) is 1. The van der Waals surface area contributed by atoms with E-state index in [1.807, 2.05) is 49.0 Å². The highest BCUT2D eigenvalue weighted by molar-refractivity contribution is 7.99. The molecule has 0 bridgehead atoms. The van der Waals surface area contributed by atoms with Crippen LogP contribution in [-0.2, 0) is 6.42 Å². The van der Waals surface area contributed by atoms with Gasteiger partial charge in [-0.2, -0.15) is 11.8 Å². The van der Waals surface area contributed by atoms with Crippen LogP contribution in [0.1, 0.15) is 35.7 Å². The number of nitrogens with zero attached hydrogens (tertiary/aromatic N) is 2. The number of aryl methyl sites for hydroxylation is 2. The van der Waals surface area contributed by atoms with Crippen LogP contribution in [0.3, 0.4) is 0 Å². The van der Waals surface area contributed by atoms with Crippen LogP contribution in [0.15, 0.2) is 30.3 Å². The Balaban J connectivity index is 2.07. The summed E-state index contributed by atoms with van der Waals surface area (Å²) in [5, 5.41) is 2.93. The van der Waals surface area contributed by atoms with Gasteiger partial charge in [0.15, 0.2) is 0 Å². The molecule has 0 saturated heterocycles. The normalized spacial score (nSPS) is 10.6. The molecule has 0 spiro atoms. The fourth-order valence-corrected chi connectivity index (χ4v) is 2.77. The number of hydrogen-bond acceptors (Lipinski definition) is 4. The Bertz CT molecular complexity index is 656. The third kappa shape index (κ3) is 5.06. The Labute approximate surface area is 142 Å². The smallest absolute Gasteiger partial charge is 0.251 e. The first-order chi connectivity index (χ1) is 11.1. The molecular weight excluding hydrogens is 306 g/mol. The van der Waals surface area contributed by atoms with Crippen molar-refractivity contribution in [2.24, 2.45) is 0 Å². The number of carbonyl (C=O) groups is 1. The third-order valence-corrected chi connectivity index (χ3v) is 4.33. The van der Waals surface area contributed by atoms with Crippen LogP contribution in [0.25, 0.3) is 11.3 Å². The van der Waals surface area contributed by atoms with Gasteiger partial charge in [0.05, 0.1) is 5.69 Å². The van der Waals surface area contributed by atoms with E-state index in [0.717, 1.165) is 40.7 Å². The average molecular weight is 329 g/mol. The molecule has 0 fully saturated rings. The second-order valence-electron chi connectivity index (χ2n) is 5.18. The fraction of sp³-hybridized carbons (Fsp3) is 0.389. The van der Waals surface area contributed by atoms with Crippen molar-refractivity contribution >= 4 is 17.7 Å². The molecule has 0 atom stereocenters. The highest BCUT2D eigenvalue weighted by Gasteiger charge is 2.07. The molecular formula is C18H23N3OS. The Kier molecular flexibility index (Phi) is 6.59. The van der Waals surface area contributed by atoms with Crippen LogP contribution < -0.4 is 5.32 Å². The van der Waals surface area contributed by atoms with Gasteiger partial charge in [-0.15, -0.1) is 0 Å². The number of aromatic nitrogens is 2. The molecule has 0 aliphatic carbocycles. The predicted molar refractivity (Wildman–Crippen MR) is 96.9 cm³/mol. The lowest BCUT2D eigenvalue weighted by molar-refractivity contribution is 0.0956. The summed E-state index contributed by atoms with van der Waals surface area (Å²) in [6, 6.07) is 9.58. The molecule has 2 aromatic rings. The van der Waals surface area contributed by atoms with Crippen LogP contribution in [-0.4, -0.2) is 33.9 Å². The number of thioether (sulfide) groups is 1. The number of benzene rings is 1. The van der Waals surface area contributed by atoms with Gasteiger partial charge in [-0.25, -0.2) is 9.97 Å². The maximum absolute atomic E-state index is 12.1. The summed E-state index contributed by atoms with van der Waals surface area (Å²) in [4.78, 5) is 20.9. The number of hydrogen-bond donors (Lipinski definition) is 1. The van der Waals surface area contributed by atoms with Gasteiger partial charge in [-0.1, -0.05) is 26.0 Å². The summed E-state index contributed by atoms with van der Waals surface area (Å²) in [5.41, 5.74) is 3.61. The zero-order valence-corrected chi connectivity index (χ0v) is 14.7. The Hall–Kier alpha value is -1.88. The van der Waals surface area contributed by atoms with Crippen LogP contribution in [0.4, 0.5) is 0 Å². The van der Waals surface area contributed by atoms with Crippen molar-refractivity contribution < 1.29 is 4.79 Å². The van der Waals surface area contributed by atoms with Gasteiger partial charge in [0, 0.05) is 29.1 Å². The van der Waals surface area contributed by atoms with E-state index in [1.54, 1.807) is 0 Å². The minimum Gasteiger partial charge on any atom is -0.351 e. The largest absolute Gasteiger partial charge is 0.351 e. The molecule has 1 aromatic heterocycles. The van der Waals surface area contributed by atoms with Crippen molar-refractivity contribution in [3.8, 4) is 11.3 Å². The topological polar surface area (TPSA) is 54.9 Å². The molecule has 122 valence electrons. The van der Waals surface area contributed by atoms with E-state index in [4.69, 9.17) is 0 Å². The van der Waals surface area contributed by atoms with Crippen molar-refractivity contribution in [1.29, 1.82) is 0 Å². The number of rotatable bonds is 7. The molecule has 1 aromatic carbocycles.